The van der Waals surface area contributed by atoms with Crippen LogP contribution in [0.15, 0.2) is 41.2 Å². The topological polar surface area (TPSA) is 22.4 Å². The van der Waals surface area contributed by atoms with Crippen LogP contribution in [0.4, 0.5) is 0 Å². The van der Waals surface area contributed by atoms with Crippen molar-refractivity contribution in [1.29, 1.82) is 0 Å². The predicted molar refractivity (Wildman–Crippen MR) is 139 cm³/mol. The molecule has 0 bridgehead atoms. The zero-order valence-electron chi connectivity index (χ0n) is 21.9. The molecule has 6 rings (SSSR count). The fourth-order valence-electron chi connectivity index (χ4n) is 10.2. The summed E-state index contributed by atoms with van der Waals surface area (Å²) < 4.78 is 11.6. The Balaban J connectivity index is 1.09. The van der Waals surface area contributed by atoms with Crippen molar-refractivity contribution >= 4 is 5.76 Å². The van der Waals surface area contributed by atoms with Gasteiger partial charge in [-0.15, -0.1) is 0 Å². The number of ether oxygens (including phenoxy) is 1. The van der Waals surface area contributed by atoms with Crippen LogP contribution in [0.5, 0.6) is 0 Å². The highest BCUT2D eigenvalue weighted by atomic mass is 16.5. The lowest BCUT2D eigenvalue weighted by molar-refractivity contribution is 0.103. The minimum Gasteiger partial charge on any atom is -0.490 e. The summed E-state index contributed by atoms with van der Waals surface area (Å²) in [5, 5.41) is 0. The van der Waals surface area contributed by atoms with Crippen LogP contribution in [-0.2, 0) is 4.74 Å². The van der Waals surface area contributed by atoms with Gasteiger partial charge in [-0.3, -0.25) is 0 Å². The van der Waals surface area contributed by atoms with E-state index < -0.39 is 0 Å². The first-order valence-corrected chi connectivity index (χ1v) is 14.6. The zero-order chi connectivity index (χ0) is 23.5. The lowest BCUT2D eigenvalue weighted by atomic mass is 9.68. The van der Waals surface area contributed by atoms with E-state index in [1.807, 2.05) is 6.07 Å². The lowest BCUT2D eigenvalue weighted by Gasteiger charge is -2.37. The molecule has 2 nitrogen and oxygen atoms in total. The third-order valence-electron chi connectivity index (χ3n) is 11.7. The zero-order valence-corrected chi connectivity index (χ0v) is 21.9. The molecule has 1 aromatic heterocycles. The van der Waals surface area contributed by atoms with E-state index in [4.69, 9.17) is 9.15 Å². The van der Waals surface area contributed by atoms with E-state index in [0.29, 0.717) is 10.8 Å². The number of hydrogen-bond acceptors (Lipinski definition) is 2. The van der Waals surface area contributed by atoms with E-state index in [-0.39, 0.29) is 6.10 Å². The molecule has 0 amide bonds. The molecule has 1 aromatic rings. The highest BCUT2D eigenvalue weighted by molar-refractivity contribution is 5.56. The van der Waals surface area contributed by atoms with Gasteiger partial charge in [0.1, 0.15) is 18.1 Å². The first-order valence-electron chi connectivity index (χ1n) is 14.6. The Hall–Kier alpha value is -1.44. The van der Waals surface area contributed by atoms with Crippen LogP contribution in [0.3, 0.4) is 0 Å². The molecule has 8 atom stereocenters. The summed E-state index contributed by atoms with van der Waals surface area (Å²) >= 11 is 0. The van der Waals surface area contributed by atoms with E-state index in [1.54, 1.807) is 18.1 Å². The Morgan fingerprint density at radius 2 is 2.09 bits per heavy atom. The maximum atomic E-state index is 6.36. The fraction of sp³-hybridized carbons (Fsp3) is 0.750. The monoisotopic (exact) mass is 462 g/mol. The van der Waals surface area contributed by atoms with Crippen LogP contribution in [0.25, 0.3) is 5.76 Å². The molecule has 0 N–H and O–H groups in total. The average molecular weight is 463 g/mol. The normalized spacial score (nSPS) is 40.7. The van der Waals surface area contributed by atoms with Crippen molar-refractivity contribution in [2.24, 2.45) is 46.3 Å². The lowest BCUT2D eigenvalue weighted by Crippen LogP contribution is -2.31. The largest absolute Gasteiger partial charge is 0.490 e. The summed E-state index contributed by atoms with van der Waals surface area (Å²) in [6.45, 7) is 11.4. The van der Waals surface area contributed by atoms with E-state index in [1.165, 1.54) is 70.6 Å². The van der Waals surface area contributed by atoms with Crippen molar-refractivity contribution in [3.05, 3.63) is 42.4 Å². The standard InChI is InChI=1S/C32H46O2/c1-5-23(21(2)3)7-6-8-24-9-11-29-28(24)10-12-30-31-17-14-27(19-26(31)13-16-32(29,30)31)34-22(4)25-15-18-33-20-25/h13,15,18,20-21,23-24,27-30H,4-12,14,16-17,19H2,1-3H3. The van der Waals surface area contributed by atoms with Gasteiger partial charge in [0.2, 0.25) is 0 Å². The molecule has 34 heavy (non-hydrogen) atoms. The van der Waals surface area contributed by atoms with Gasteiger partial charge in [0, 0.05) is 11.8 Å². The summed E-state index contributed by atoms with van der Waals surface area (Å²) in [5.41, 5.74) is 3.97. The van der Waals surface area contributed by atoms with Gasteiger partial charge in [-0.25, -0.2) is 0 Å². The van der Waals surface area contributed by atoms with Gasteiger partial charge < -0.3 is 9.15 Å². The number of hydrogen-bond donors (Lipinski definition) is 0. The number of furan rings is 1. The van der Waals surface area contributed by atoms with Crippen LogP contribution in [0.1, 0.15) is 103 Å². The van der Waals surface area contributed by atoms with Gasteiger partial charge >= 0.3 is 0 Å². The Bertz CT molecular complexity index is 925. The van der Waals surface area contributed by atoms with Crippen molar-refractivity contribution < 1.29 is 9.15 Å². The molecule has 0 radical (unpaired) electrons. The van der Waals surface area contributed by atoms with Gasteiger partial charge in [0.15, 0.2) is 0 Å². The second-order valence-electron chi connectivity index (χ2n) is 12.9. The van der Waals surface area contributed by atoms with Gasteiger partial charge in [-0.05, 0) is 91.9 Å². The summed E-state index contributed by atoms with van der Waals surface area (Å²) in [6, 6.07) is 1.95. The molecule has 0 saturated heterocycles. The molecule has 1 heterocycles. The predicted octanol–water partition coefficient (Wildman–Crippen LogP) is 9.04. The van der Waals surface area contributed by atoms with Crippen LogP contribution in [0.2, 0.25) is 0 Å². The van der Waals surface area contributed by atoms with Gasteiger partial charge in [0.25, 0.3) is 0 Å². The van der Waals surface area contributed by atoms with Gasteiger partial charge in [0.05, 0.1) is 11.8 Å². The maximum absolute atomic E-state index is 6.36. The van der Waals surface area contributed by atoms with E-state index in [2.05, 4.69) is 33.4 Å². The number of allylic oxidation sites excluding steroid dienone is 1. The van der Waals surface area contributed by atoms with Gasteiger partial charge in [-0.1, -0.05) is 64.7 Å². The Morgan fingerprint density at radius 1 is 1.21 bits per heavy atom. The molecule has 8 unspecified atom stereocenters. The van der Waals surface area contributed by atoms with Crippen LogP contribution >= 0.6 is 0 Å². The SMILES string of the molecule is C=C(OC1CCC23C(=CCC24C2CCC(CCCC(CC)C(C)C)C2CCC34)C1)c1ccoc1. The quantitative estimate of drug-likeness (QED) is 0.270. The van der Waals surface area contributed by atoms with Crippen molar-refractivity contribution in [2.75, 3.05) is 0 Å². The van der Waals surface area contributed by atoms with Crippen molar-refractivity contribution in [3.63, 3.8) is 0 Å². The Kier molecular flexibility index (Phi) is 5.81. The third kappa shape index (κ3) is 3.26. The maximum Gasteiger partial charge on any atom is 0.123 e. The molecular weight excluding hydrogens is 416 g/mol. The number of fused-ring (bicyclic) bond motifs is 1. The van der Waals surface area contributed by atoms with Crippen molar-refractivity contribution in [1.82, 2.24) is 0 Å². The van der Waals surface area contributed by atoms with Crippen molar-refractivity contribution in [3.8, 4) is 0 Å². The van der Waals surface area contributed by atoms with E-state index >= 15 is 0 Å². The molecule has 186 valence electrons. The minimum atomic E-state index is 0.289. The molecule has 2 spiro atoms. The van der Waals surface area contributed by atoms with E-state index in [9.17, 15) is 0 Å². The van der Waals surface area contributed by atoms with Gasteiger partial charge in [-0.2, -0.15) is 0 Å². The summed E-state index contributed by atoms with van der Waals surface area (Å²) in [6.07, 6.45) is 23.3. The van der Waals surface area contributed by atoms with Crippen molar-refractivity contribution in [2.45, 2.75) is 104 Å². The second-order valence-corrected chi connectivity index (χ2v) is 12.9. The molecule has 0 aromatic carbocycles. The molecule has 4 saturated carbocycles. The molecule has 5 aliphatic rings. The molecule has 4 fully saturated rings. The average Bonchev–Trinajstić information content (AvgIpc) is 3.35. The summed E-state index contributed by atoms with van der Waals surface area (Å²) in [4.78, 5) is 0. The molecule has 5 aliphatic carbocycles. The summed E-state index contributed by atoms with van der Waals surface area (Å²) in [7, 11) is 0. The molecule has 2 heteroatoms. The molecule has 0 aliphatic heterocycles. The summed E-state index contributed by atoms with van der Waals surface area (Å²) in [5.74, 6) is 6.60. The Labute approximate surface area is 207 Å². The van der Waals surface area contributed by atoms with Crippen LogP contribution in [-0.4, -0.2) is 6.10 Å². The van der Waals surface area contributed by atoms with E-state index in [0.717, 1.165) is 53.3 Å². The third-order valence-corrected chi connectivity index (χ3v) is 11.7. The Morgan fingerprint density at radius 3 is 2.85 bits per heavy atom. The van der Waals surface area contributed by atoms with Crippen LogP contribution in [0, 0.1) is 46.3 Å². The fourth-order valence-corrected chi connectivity index (χ4v) is 10.2. The first-order chi connectivity index (χ1) is 16.5. The van der Waals surface area contributed by atoms with Crippen LogP contribution < -0.4 is 0 Å². The first kappa shape index (κ1) is 23.0. The highest BCUT2D eigenvalue weighted by Crippen LogP contribution is 2.89. The highest BCUT2D eigenvalue weighted by Gasteiger charge is 2.82. The smallest absolute Gasteiger partial charge is 0.123 e. The second kappa shape index (κ2) is 8.59. The number of rotatable bonds is 9. The molecular formula is C32H46O2. The minimum absolute atomic E-state index is 0.289.